The molecule has 25 heavy (non-hydrogen) atoms. The average molecular weight is 353 g/mol. The summed E-state index contributed by atoms with van der Waals surface area (Å²) in [6.45, 7) is 11.9. The first-order valence-electron chi connectivity index (χ1n) is 8.00. The van der Waals surface area contributed by atoms with Gasteiger partial charge in [-0.1, -0.05) is 0 Å². The van der Waals surface area contributed by atoms with Gasteiger partial charge in [0.1, 0.15) is 17.0 Å². The molecule has 1 rings (SSSR count). The molecule has 140 valence electrons. The second-order valence-corrected chi connectivity index (χ2v) is 7.62. The van der Waals surface area contributed by atoms with Crippen LogP contribution in [0.3, 0.4) is 0 Å². The molecule has 0 radical (unpaired) electrons. The summed E-state index contributed by atoms with van der Waals surface area (Å²) >= 11 is 0. The second kappa shape index (κ2) is 7.74. The van der Waals surface area contributed by atoms with Gasteiger partial charge in [-0.2, -0.15) is 0 Å². The van der Waals surface area contributed by atoms with E-state index in [2.05, 4.69) is 5.32 Å². The van der Waals surface area contributed by atoms with Crippen molar-refractivity contribution in [1.82, 2.24) is 0 Å². The molecule has 0 fully saturated rings. The van der Waals surface area contributed by atoms with Crippen molar-refractivity contribution in [1.29, 1.82) is 0 Å². The number of hydrogen-bond donors (Lipinski definition) is 2. The van der Waals surface area contributed by atoms with Gasteiger partial charge in [0.2, 0.25) is 0 Å². The van der Waals surface area contributed by atoms with E-state index in [1.54, 1.807) is 41.5 Å². The Morgan fingerprint density at radius 2 is 1.60 bits per heavy atom. The number of amides is 1. The van der Waals surface area contributed by atoms with Crippen LogP contribution in [0.1, 0.15) is 60.1 Å². The predicted octanol–water partition coefficient (Wildman–Crippen LogP) is 4.40. The summed E-state index contributed by atoms with van der Waals surface area (Å²) in [5.74, 6) is 0.152. The van der Waals surface area contributed by atoms with Gasteiger partial charge in [0.05, 0.1) is 6.10 Å². The number of benzene rings is 1. The Morgan fingerprint density at radius 1 is 1.04 bits per heavy atom. The van der Waals surface area contributed by atoms with Gasteiger partial charge in [0.15, 0.2) is 0 Å². The molecule has 0 saturated heterocycles. The third kappa shape index (κ3) is 7.89. The number of anilines is 1. The molecular formula is C18H27NO6. The first-order valence-corrected chi connectivity index (χ1v) is 8.00. The molecule has 0 saturated carbocycles. The lowest BCUT2D eigenvalue weighted by Crippen LogP contribution is -2.27. The Labute approximate surface area is 148 Å². The minimum absolute atomic E-state index is 0.152. The lowest BCUT2D eigenvalue weighted by atomic mass is 10.1. The van der Waals surface area contributed by atoms with Crippen LogP contribution in [0.5, 0.6) is 5.75 Å². The fourth-order valence-corrected chi connectivity index (χ4v) is 1.83. The van der Waals surface area contributed by atoms with E-state index in [-0.39, 0.29) is 5.75 Å². The number of aliphatic hydroxyl groups is 1. The Morgan fingerprint density at radius 3 is 2.08 bits per heavy atom. The quantitative estimate of drug-likeness (QED) is 0.618. The highest BCUT2D eigenvalue weighted by Crippen LogP contribution is 2.29. The van der Waals surface area contributed by atoms with Gasteiger partial charge in [0, 0.05) is 11.3 Å². The fraction of sp³-hybridized carbons (Fsp3) is 0.556. The van der Waals surface area contributed by atoms with E-state index < -0.39 is 29.6 Å². The van der Waals surface area contributed by atoms with E-state index in [1.807, 2.05) is 0 Å². The molecule has 7 heteroatoms. The monoisotopic (exact) mass is 353 g/mol. The van der Waals surface area contributed by atoms with Gasteiger partial charge in [-0.3, -0.25) is 5.32 Å². The SMILES string of the molecule is CC(O)c1cc(NC(=O)OC(C)(C)C)ccc1OC(=O)OC(C)(C)C. The Bertz CT molecular complexity index is 625. The molecule has 0 heterocycles. The summed E-state index contributed by atoms with van der Waals surface area (Å²) in [6.07, 6.45) is -2.41. The topological polar surface area (TPSA) is 94.1 Å². The van der Waals surface area contributed by atoms with Crippen molar-refractivity contribution < 1.29 is 28.9 Å². The molecule has 7 nitrogen and oxygen atoms in total. The number of nitrogens with one attached hydrogen (secondary N) is 1. The van der Waals surface area contributed by atoms with E-state index in [0.717, 1.165) is 0 Å². The molecular weight excluding hydrogens is 326 g/mol. The molecule has 0 spiro atoms. The minimum Gasteiger partial charge on any atom is -0.444 e. The molecule has 1 amide bonds. The molecule has 0 bridgehead atoms. The minimum atomic E-state index is -0.919. The molecule has 0 aliphatic carbocycles. The molecule has 0 aliphatic rings. The predicted molar refractivity (Wildman–Crippen MR) is 93.8 cm³/mol. The highest BCUT2D eigenvalue weighted by Gasteiger charge is 2.21. The first-order chi connectivity index (χ1) is 11.3. The summed E-state index contributed by atoms with van der Waals surface area (Å²) in [5.41, 5.74) is -0.585. The van der Waals surface area contributed by atoms with Crippen LogP contribution in [0, 0.1) is 0 Å². The maximum Gasteiger partial charge on any atom is 0.514 e. The number of aliphatic hydroxyl groups excluding tert-OH is 1. The van der Waals surface area contributed by atoms with Crippen molar-refractivity contribution in [3.05, 3.63) is 23.8 Å². The number of hydrogen-bond acceptors (Lipinski definition) is 6. The third-order valence-corrected chi connectivity index (χ3v) is 2.69. The Balaban J connectivity index is 2.93. The van der Waals surface area contributed by atoms with Crippen molar-refractivity contribution in [2.45, 2.75) is 65.8 Å². The molecule has 1 aromatic rings. The van der Waals surface area contributed by atoms with Crippen LogP contribution in [0.15, 0.2) is 18.2 Å². The van der Waals surface area contributed by atoms with Gasteiger partial charge in [-0.25, -0.2) is 9.59 Å². The Hall–Kier alpha value is -2.28. The van der Waals surface area contributed by atoms with Gasteiger partial charge < -0.3 is 19.3 Å². The summed E-state index contributed by atoms with van der Waals surface area (Å²) < 4.78 is 15.4. The molecule has 1 aromatic carbocycles. The highest BCUT2D eigenvalue weighted by molar-refractivity contribution is 5.85. The summed E-state index contributed by atoms with van der Waals surface area (Å²) in [6, 6.07) is 4.52. The summed E-state index contributed by atoms with van der Waals surface area (Å²) in [7, 11) is 0. The van der Waals surface area contributed by atoms with Crippen LogP contribution in [-0.2, 0) is 9.47 Å². The zero-order chi connectivity index (χ0) is 19.4. The van der Waals surface area contributed by atoms with E-state index >= 15 is 0 Å². The average Bonchev–Trinajstić information content (AvgIpc) is 2.35. The van der Waals surface area contributed by atoms with Crippen LogP contribution < -0.4 is 10.1 Å². The standard InChI is InChI=1S/C18H27NO6/c1-11(20)13-10-12(19-15(21)24-17(2,3)4)8-9-14(13)23-16(22)25-18(5,6)7/h8-11,20H,1-7H3,(H,19,21). The fourth-order valence-electron chi connectivity index (χ4n) is 1.83. The number of ether oxygens (including phenoxy) is 3. The molecule has 1 atom stereocenters. The van der Waals surface area contributed by atoms with Crippen LogP contribution in [-0.4, -0.2) is 28.6 Å². The van der Waals surface area contributed by atoms with Gasteiger partial charge >= 0.3 is 12.2 Å². The lowest BCUT2D eigenvalue weighted by Gasteiger charge is -2.21. The zero-order valence-corrected chi connectivity index (χ0v) is 15.8. The number of carbonyl (C=O) groups is 2. The molecule has 0 aliphatic heterocycles. The lowest BCUT2D eigenvalue weighted by molar-refractivity contribution is 0.0200. The van der Waals surface area contributed by atoms with Crippen LogP contribution in [0.4, 0.5) is 15.3 Å². The van der Waals surface area contributed by atoms with E-state index in [0.29, 0.717) is 11.3 Å². The largest absolute Gasteiger partial charge is 0.514 e. The molecule has 2 N–H and O–H groups in total. The molecule has 0 aromatic heterocycles. The third-order valence-electron chi connectivity index (χ3n) is 2.69. The van der Waals surface area contributed by atoms with Crippen LogP contribution >= 0.6 is 0 Å². The van der Waals surface area contributed by atoms with Gasteiger partial charge in [-0.05, 0) is 66.7 Å². The van der Waals surface area contributed by atoms with E-state index in [9.17, 15) is 14.7 Å². The normalized spacial score (nSPS) is 13.0. The van der Waals surface area contributed by atoms with Gasteiger partial charge in [-0.15, -0.1) is 0 Å². The summed E-state index contributed by atoms with van der Waals surface area (Å²) in [5, 5.41) is 12.5. The van der Waals surface area contributed by atoms with Crippen LogP contribution in [0.2, 0.25) is 0 Å². The van der Waals surface area contributed by atoms with Crippen molar-refractivity contribution in [3.8, 4) is 5.75 Å². The highest BCUT2D eigenvalue weighted by atomic mass is 16.7. The van der Waals surface area contributed by atoms with Crippen molar-refractivity contribution in [2.24, 2.45) is 0 Å². The van der Waals surface area contributed by atoms with Crippen molar-refractivity contribution in [3.63, 3.8) is 0 Å². The van der Waals surface area contributed by atoms with Crippen LogP contribution in [0.25, 0.3) is 0 Å². The van der Waals surface area contributed by atoms with Crippen molar-refractivity contribution >= 4 is 17.9 Å². The Kier molecular flexibility index (Phi) is 6.42. The first kappa shape index (κ1) is 20.8. The van der Waals surface area contributed by atoms with Crippen molar-refractivity contribution in [2.75, 3.05) is 5.32 Å². The summed E-state index contributed by atoms with van der Waals surface area (Å²) in [4.78, 5) is 23.6. The molecule has 1 unspecified atom stereocenters. The smallest absolute Gasteiger partial charge is 0.444 e. The second-order valence-electron chi connectivity index (χ2n) is 7.62. The number of carbonyl (C=O) groups excluding carboxylic acids is 2. The maximum absolute atomic E-state index is 11.8. The van der Waals surface area contributed by atoms with E-state index in [1.165, 1.54) is 25.1 Å². The number of rotatable bonds is 3. The maximum atomic E-state index is 11.8. The zero-order valence-electron chi connectivity index (χ0n) is 15.8. The van der Waals surface area contributed by atoms with Gasteiger partial charge in [0.25, 0.3) is 0 Å². The van der Waals surface area contributed by atoms with E-state index in [4.69, 9.17) is 14.2 Å².